The molecule has 0 spiro atoms. The molecule has 0 aliphatic carbocycles. The average molecular weight is 518 g/mol. The third-order valence-electron chi connectivity index (χ3n) is 4.44. The van der Waals surface area contributed by atoms with Crippen LogP contribution in [0.4, 0.5) is 18.9 Å². The van der Waals surface area contributed by atoms with Gasteiger partial charge in [-0.25, -0.2) is 4.79 Å². The van der Waals surface area contributed by atoms with E-state index < -0.39 is 34.7 Å². The van der Waals surface area contributed by atoms with Crippen molar-refractivity contribution in [2.45, 2.75) is 19.2 Å². The van der Waals surface area contributed by atoms with Gasteiger partial charge in [-0.3, -0.25) is 9.69 Å². The van der Waals surface area contributed by atoms with Gasteiger partial charge in [-0.15, -0.1) is 0 Å². The lowest BCUT2D eigenvalue weighted by atomic mass is 10.1. The number of anilines is 1. The molecule has 2 aromatic carbocycles. The molecule has 0 bridgehead atoms. The first-order chi connectivity index (χ1) is 15.4. The zero-order valence-corrected chi connectivity index (χ0v) is 19.4. The van der Waals surface area contributed by atoms with Gasteiger partial charge in [-0.2, -0.15) is 13.2 Å². The van der Waals surface area contributed by atoms with Crippen molar-refractivity contribution >= 4 is 63.5 Å². The second-order valence-electron chi connectivity index (χ2n) is 6.69. The molecular formula is C21H15ClF3NO5S2. The number of thiocarbonyl (C=S) groups is 1. The lowest BCUT2D eigenvalue weighted by Gasteiger charge is -2.17. The predicted octanol–water partition coefficient (Wildman–Crippen LogP) is 5.63. The third-order valence-corrected chi connectivity index (χ3v) is 6.08. The highest BCUT2D eigenvalue weighted by molar-refractivity contribution is 8.27. The van der Waals surface area contributed by atoms with Gasteiger partial charge >= 0.3 is 12.1 Å². The molecule has 12 heteroatoms. The molecule has 1 heterocycles. The van der Waals surface area contributed by atoms with Gasteiger partial charge in [-0.1, -0.05) is 41.6 Å². The van der Waals surface area contributed by atoms with E-state index >= 15 is 0 Å². The smallest absolute Gasteiger partial charge is 0.417 e. The number of thioether (sulfide) groups is 1. The number of hydrogen-bond donors (Lipinski definition) is 1. The molecule has 1 amide bonds. The standard InChI is InChI=1S/C21H15ClF3NO5S2/c1-10(19(28)29)31-15-6-3-11(7-16(15)30-2)8-17-18(27)26(20(32)33-17)12-4-5-14(22)13(9-12)21(23,24)25/h3-10H,1-2H3,(H,28,29)/b17-8+. The fourth-order valence-corrected chi connectivity index (χ4v) is 4.35. The Kier molecular flexibility index (Phi) is 7.25. The predicted molar refractivity (Wildman–Crippen MR) is 123 cm³/mol. The van der Waals surface area contributed by atoms with Crippen LogP contribution >= 0.6 is 35.6 Å². The van der Waals surface area contributed by atoms with Crippen LogP contribution in [0.25, 0.3) is 6.08 Å². The first kappa shape index (κ1) is 24.9. The number of halogens is 4. The van der Waals surface area contributed by atoms with Gasteiger partial charge in [0.05, 0.1) is 28.3 Å². The molecule has 0 radical (unpaired) electrons. The highest BCUT2D eigenvalue weighted by atomic mass is 35.5. The summed E-state index contributed by atoms with van der Waals surface area (Å²) in [7, 11) is 1.37. The van der Waals surface area contributed by atoms with Crippen molar-refractivity contribution in [1.82, 2.24) is 0 Å². The number of amides is 1. The van der Waals surface area contributed by atoms with Gasteiger partial charge in [0.2, 0.25) is 0 Å². The number of carboxylic acids is 1. The van der Waals surface area contributed by atoms with E-state index in [1.54, 1.807) is 6.07 Å². The summed E-state index contributed by atoms with van der Waals surface area (Å²) >= 11 is 11.8. The number of hydrogen-bond acceptors (Lipinski definition) is 6. The lowest BCUT2D eigenvalue weighted by molar-refractivity contribution is -0.144. The Morgan fingerprint density at radius 3 is 2.55 bits per heavy atom. The van der Waals surface area contributed by atoms with E-state index in [1.165, 1.54) is 38.3 Å². The van der Waals surface area contributed by atoms with E-state index in [-0.39, 0.29) is 26.4 Å². The van der Waals surface area contributed by atoms with Crippen LogP contribution in [0.5, 0.6) is 11.5 Å². The maximum absolute atomic E-state index is 13.2. The van der Waals surface area contributed by atoms with Crippen LogP contribution in [0.3, 0.4) is 0 Å². The molecule has 174 valence electrons. The van der Waals surface area contributed by atoms with Crippen molar-refractivity contribution in [1.29, 1.82) is 0 Å². The van der Waals surface area contributed by atoms with Crippen LogP contribution in [0.2, 0.25) is 5.02 Å². The topological polar surface area (TPSA) is 76.1 Å². The van der Waals surface area contributed by atoms with Crippen molar-refractivity contribution in [3.8, 4) is 11.5 Å². The SMILES string of the molecule is COc1cc(/C=C2/SC(=S)N(c3ccc(Cl)c(C(F)(F)F)c3)C2=O)ccc1OC(C)C(=O)O. The van der Waals surface area contributed by atoms with E-state index in [4.69, 9.17) is 38.4 Å². The quantitative estimate of drug-likeness (QED) is 0.393. The molecule has 6 nitrogen and oxygen atoms in total. The fraction of sp³-hybridized carbons (Fsp3) is 0.190. The first-order valence-corrected chi connectivity index (χ1v) is 10.7. The highest BCUT2D eigenvalue weighted by Crippen LogP contribution is 2.41. The van der Waals surface area contributed by atoms with Crippen LogP contribution in [-0.2, 0) is 15.8 Å². The number of ether oxygens (including phenoxy) is 2. The summed E-state index contributed by atoms with van der Waals surface area (Å²) in [4.78, 5) is 25.1. The number of nitrogens with zero attached hydrogens (tertiary/aromatic N) is 1. The molecule has 1 fully saturated rings. The average Bonchev–Trinajstić information content (AvgIpc) is 3.01. The molecule has 1 aliphatic rings. The van der Waals surface area contributed by atoms with Crippen LogP contribution in [0.1, 0.15) is 18.1 Å². The number of carbonyl (C=O) groups excluding carboxylic acids is 1. The third kappa shape index (κ3) is 5.43. The van der Waals surface area contributed by atoms with E-state index in [0.29, 0.717) is 5.56 Å². The Labute approximate surface area is 200 Å². The Balaban J connectivity index is 1.91. The Bertz CT molecular complexity index is 1170. The molecular weight excluding hydrogens is 503 g/mol. The van der Waals surface area contributed by atoms with Gasteiger partial charge < -0.3 is 14.6 Å². The van der Waals surface area contributed by atoms with E-state index in [0.717, 1.165) is 28.8 Å². The summed E-state index contributed by atoms with van der Waals surface area (Å²) < 4.78 is 50.3. The zero-order chi connectivity index (χ0) is 24.5. The van der Waals surface area contributed by atoms with Crippen molar-refractivity contribution in [2.75, 3.05) is 12.0 Å². The minimum Gasteiger partial charge on any atom is -0.493 e. The normalized spacial score (nSPS) is 16.3. The first-order valence-electron chi connectivity index (χ1n) is 9.14. The van der Waals surface area contributed by atoms with Gasteiger partial charge in [0.25, 0.3) is 5.91 Å². The van der Waals surface area contributed by atoms with E-state index in [9.17, 15) is 22.8 Å². The van der Waals surface area contributed by atoms with Gasteiger partial charge in [0.1, 0.15) is 0 Å². The largest absolute Gasteiger partial charge is 0.493 e. The molecule has 1 N–H and O–H groups in total. The highest BCUT2D eigenvalue weighted by Gasteiger charge is 2.37. The molecule has 0 saturated carbocycles. The van der Waals surface area contributed by atoms with Crippen LogP contribution in [0, 0.1) is 0 Å². The maximum Gasteiger partial charge on any atom is 0.417 e. The molecule has 1 atom stereocenters. The number of carbonyl (C=O) groups is 2. The summed E-state index contributed by atoms with van der Waals surface area (Å²) in [6, 6.07) is 7.70. The minimum atomic E-state index is -4.69. The van der Waals surface area contributed by atoms with E-state index in [2.05, 4.69) is 0 Å². The summed E-state index contributed by atoms with van der Waals surface area (Å²) in [5.74, 6) is -1.32. The fourth-order valence-electron chi connectivity index (χ4n) is 2.82. The van der Waals surface area contributed by atoms with Crippen LogP contribution < -0.4 is 14.4 Å². The van der Waals surface area contributed by atoms with Crippen LogP contribution in [-0.4, -0.2) is 34.5 Å². The van der Waals surface area contributed by atoms with Gasteiger partial charge in [0.15, 0.2) is 21.9 Å². The van der Waals surface area contributed by atoms with Crippen molar-refractivity contribution in [3.63, 3.8) is 0 Å². The van der Waals surface area contributed by atoms with E-state index in [1.807, 2.05) is 0 Å². The zero-order valence-electron chi connectivity index (χ0n) is 17.0. The summed E-state index contributed by atoms with van der Waals surface area (Å²) in [5.41, 5.74) is -0.619. The number of methoxy groups -OCH3 is 1. The maximum atomic E-state index is 13.2. The summed E-state index contributed by atoms with van der Waals surface area (Å²) in [6.07, 6.45) is -4.31. The minimum absolute atomic E-state index is 0.0541. The number of benzene rings is 2. The summed E-state index contributed by atoms with van der Waals surface area (Å²) in [5, 5.41) is 8.51. The van der Waals surface area contributed by atoms with Gasteiger partial charge in [0, 0.05) is 0 Å². The number of carboxylic acid groups (broad SMARTS) is 1. The molecule has 1 saturated heterocycles. The van der Waals surface area contributed by atoms with Crippen molar-refractivity contribution in [3.05, 3.63) is 57.5 Å². The number of rotatable bonds is 6. The molecule has 33 heavy (non-hydrogen) atoms. The Hall–Kier alpha value is -2.76. The van der Waals surface area contributed by atoms with Crippen molar-refractivity contribution < 1.29 is 37.3 Å². The van der Waals surface area contributed by atoms with Crippen molar-refractivity contribution in [2.24, 2.45) is 0 Å². The molecule has 2 aromatic rings. The lowest BCUT2D eigenvalue weighted by Crippen LogP contribution is -2.27. The Morgan fingerprint density at radius 2 is 1.94 bits per heavy atom. The second-order valence-corrected chi connectivity index (χ2v) is 8.77. The second kappa shape index (κ2) is 9.62. The number of alkyl halides is 3. The van der Waals surface area contributed by atoms with Crippen LogP contribution in [0.15, 0.2) is 41.3 Å². The van der Waals surface area contributed by atoms with Gasteiger partial charge in [-0.05, 0) is 48.9 Å². The molecule has 1 unspecified atom stereocenters. The molecule has 1 aliphatic heterocycles. The number of aliphatic carboxylic acids is 1. The monoisotopic (exact) mass is 517 g/mol. The summed E-state index contributed by atoms with van der Waals surface area (Å²) in [6.45, 7) is 1.36. The Morgan fingerprint density at radius 1 is 1.24 bits per heavy atom. The molecule has 0 aromatic heterocycles. The molecule has 3 rings (SSSR count).